The van der Waals surface area contributed by atoms with Crippen molar-refractivity contribution in [1.29, 1.82) is 0 Å². The molecule has 0 atom stereocenters. The van der Waals surface area contributed by atoms with Crippen molar-refractivity contribution in [2.24, 2.45) is 16.7 Å². The molecule has 0 aromatic heterocycles. The number of hydrogen-bond acceptors (Lipinski definition) is 5. The SMILES string of the molecule is CC(C)CN(O)C1C(=O)C(C)(C)C(=O)C(C)(C)C1=O. The molecule has 0 radical (unpaired) electrons. The summed E-state index contributed by atoms with van der Waals surface area (Å²) in [5.74, 6) is -1.33. The maximum Gasteiger partial charge on any atom is 0.172 e. The second-order valence-corrected chi connectivity index (χ2v) is 6.73. The van der Waals surface area contributed by atoms with E-state index in [0.29, 0.717) is 0 Å². The molecule has 0 aliphatic heterocycles. The summed E-state index contributed by atoms with van der Waals surface area (Å²) >= 11 is 0. The van der Waals surface area contributed by atoms with E-state index in [1.165, 1.54) is 27.7 Å². The van der Waals surface area contributed by atoms with Crippen LogP contribution in [-0.4, -0.2) is 40.2 Å². The Labute approximate surface area is 113 Å². The first-order valence-corrected chi connectivity index (χ1v) is 6.53. The Morgan fingerprint density at radius 3 is 1.74 bits per heavy atom. The van der Waals surface area contributed by atoms with Crippen LogP contribution in [0.3, 0.4) is 0 Å². The smallest absolute Gasteiger partial charge is 0.172 e. The lowest BCUT2D eigenvalue weighted by molar-refractivity contribution is -0.183. The Bertz CT molecular complexity index is 393. The molecule has 0 amide bonds. The van der Waals surface area contributed by atoms with Crippen molar-refractivity contribution in [3.63, 3.8) is 0 Å². The van der Waals surface area contributed by atoms with E-state index in [0.717, 1.165) is 5.06 Å². The molecule has 1 N–H and O–H groups in total. The van der Waals surface area contributed by atoms with Crippen molar-refractivity contribution in [3.05, 3.63) is 0 Å². The molecule has 0 unspecified atom stereocenters. The topological polar surface area (TPSA) is 74.7 Å². The Balaban J connectivity index is 3.21. The van der Waals surface area contributed by atoms with Crippen molar-refractivity contribution in [2.75, 3.05) is 6.54 Å². The molecule has 1 saturated carbocycles. The van der Waals surface area contributed by atoms with Crippen LogP contribution < -0.4 is 0 Å². The van der Waals surface area contributed by atoms with Crippen molar-refractivity contribution in [1.82, 2.24) is 5.06 Å². The van der Waals surface area contributed by atoms with E-state index in [1.54, 1.807) is 0 Å². The van der Waals surface area contributed by atoms with Crippen LogP contribution in [0.4, 0.5) is 0 Å². The monoisotopic (exact) mass is 269 g/mol. The molecule has 1 aliphatic rings. The van der Waals surface area contributed by atoms with E-state index >= 15 is 0 Å². The number of rotatable bonds is 3. The number of carbonyl (C=O) groups is 3. The van der Waals surface area contributed by atoms with Crippen LogP contribution in [0.15, 0.2) is 0 Å². The zero-order valence-corrected chi connectivity index (χ0v) is 12.5. The highest BCUT2D eigenvalue weighted by molar-refractivity contribution is 6.30. The highest BCUT2D eigenvalue weighted by Gasteiger charge is 2.59. The molecule has 5 nitrogen and oxygen atoms in total. The first-order valence-electron chi connectivity index (χ1n) is 6.53. The summed E-state index contributed by atoms with van der Waals surface area (Å²) in [6.45, 7) is 10.0. The minimum atomic E-state index is -1.25. The lowest BCUT2D eigenvalue weighted by atomic mass is 9.61. The van der Waals surface area contributed by atoms with Gasteiger partial charge in [-0.3, -0.25) is 14.4 Å². The average Bonchev–Trinajstić information content (AvgIpc) is 2.25. The predicted molar refractivity (Wildman–Crippen MR) is 69.7 cm³/mol. The lowest BCUT2D eigenvalue weighted by Gasteiger charge is -2.42. The second kappa shape index (κ2) is 4.80. The number of nitrogens with zero attached hydrogens (tertiary/aromatic N) is 1. The molecule has 5 heteroatoms. The highest BCUT2D eigenvalue weighted by Crippen LogP contribution is 2.39. The number of ketones is 3. The average molecular weight is 269 g/mol. The third-order valence-corrected chi connectivity index (χ3v) is 3.71. The zero-order valence-electron chi connectivity index (χ0n) is 12.5. The number of Topliss-reactive ketones (excluding diaryl/α,β-unsaturated/α-hetero) is 3. The van der Waals surface area contributed by atoms with Crippen LogP contribution in [0.1, 0.15) is 41.5 Å². The summed E-state index contributed by atoms with van der Waals surface area (Å²) in [5, 5.41) is 10.8. The molecule has 0 aromatic rings. The van der Waals surface area contributed by atoms with Gasteiger partial charge in [0.15, 0.2) is 23.4 Å². The normalized spacial score (nSPS) is 23.5. The van der Waals surface area contributed by atoms with Crippen LogP contribution >= 0.6 is 0 Å². The summed E-state index contributed by atoms with van der Waals surface area (Å²) in [6, 6.07) is -1.25. The summed E-state index contributed by atoms with van der Waals surface area (Å²) in [7, 11) is 0. The van der Waals surface area contributed by atoms with Gasteiger partial charge >= 0.3 is 0 Å². The van der Waals surface area contributed by atoms with Gasteiger partial charge in [-0.05, 0) is 33.6 Å². The van der Waals surface area contributed by atoms with E-state index in [2.05, 4.69) is 0 Å². The molecular formula is C14H23NO4. The fraction of sp³-hybridized carbons (Fsp3) is 0.786. The number of hydroxylamine groups is 2. The van der Waals surface area contributed by atoms with Gasteiger partial charge < -0.3 is 5.21 Å². The molecule has 1 fully saturated rings. The fourth-order valence-electron chi connectivity index (χ4n) is 2.56. The largest absolute Gasteiger partial charge is 0.313 e. The van der Waals surface area contributed by atoms with Crippen molar-refractivity contribution >= 4 is 17.3 Å². The molecule has 1 aliphatic carbocycles. The van der Waals surface area contributed by atoms with Gasteiger partial charge in [0.25, 0.3) is 0 Å². The van der Waals surface area contributed by atoms with E-state index in [9.17, 15) is 19.6 Å². The fourth-order valence-corrected chi connectivity index (χ4v) is 2.56. The first kappa shape index (κ1) is 16.0. The van der Waals surface area contributed by atoms with E-state index in [1.807, 2.05) is 13.8 Å². The van der Waals surface area contributed by atoms with Crippen molar-refractivity contribution in [3.8, 4) is 0 Å². The summed E-state index contributed by atoms with van der Waals surface area (Å²) in [5.41, 5.74) is -2.50. The van der Waals surface area contributed by atoms with Gasteiger partial charge in [-0.1, -0.05) is 13.8 Å². The summed E-state index contributed by atoms with van der Waals surface area (Å²) in [4.78, 5) is 36.9. The van der Waals surface area contributed by atoms with E-state index in [-0.39, 0.29) is 18.2 Å². The highest BCUT2D eigenvalue weighted by atomic mass is 16.5. The van der Waals surface area contributed by atoms with Crippen LogP contribution in [0.2, 0.25) is 0 Å². The van der Waals surface area contributed by atoms with Gasteiger partial charge in [-0.15, -0.1) is 0 Å². The van der Waals surface area contributed by atoms with Crippen LogP contribution in [-0.2, 0) is 14.4 Å². The van der Waals surface area contributed by atoms with Gasteiger partial charge in [-0.25, -0.2) is 0 Å². The van der Waals surface area contributed by atoms with Crippen molar-refractivity contribution < 1.29 is 19.6 Å². The third-order valence-electron chi connectivity index (χ3n) is 3.71. The minimum Gasteiger partial charge on any atom is -0.313 e. The summed E-state index contributed by atoms with van der Waals surface area (Å²) < 4.78 is 0. The first-order chi connectivity index (χ1) is 8.44. The molecule has 0 saturated heterocycles. The Morgan fingerprint density at radius 1 is 1.05 bits per heavy atom. The van der Waals surface area contributed by atoms with Gasteiger partial charge in [0.05, 0.1) is 10.8 Å². The van der Waals surface area contributed by atoms with Crippen LogP contribution in [0, 0.1) is 16.7 Å². The lowest BCUT2D eigenvalue weighted by Crippen LogP contribution is -2.64. The molecule has 0 aromatic carbocycles. The molecule has 0 bridgehead atoms. The molecule has 19 heavy (non-hydrogen) atoms. The van der Waals surface area contributed by atoms with E-state index < -0.39 is 28.4 Å². The number of carbonyl (C=O) groups excluding carboxylic acids is 3. The van der Waals surface area contributed by atoms with Gasteiger partial charge in [-0.2, -0.15) is 5.06 Å². The summed E-state index contributed by atoms with van der Waals surface area (Å²) in [6.07, 6.45) is 0. The van der Waals surface area contributed by atoms with Gasteiger partial charge in [0.2, 0.25) is 0 Å². The van der Waals surface area contributed by atoms with Gasteiger partial charge in [0, 0.05) is 6.54 Å². The van der Waals surface area contributed by atoms with Crippen LogP contribution in [0.5, 0.6) is 0 Å². The molecule has 0 heterocycles. The third kappa shape index (κ3) is 2.49. The minimum absolute atomic E-state index is 0.106. The predicted octanol–water partition coefficient (Wildman–Crippen LogP) is 1.48. The maximum atomic E-state index is 12.3. The quantitative estimate of drug-likeness (QED) is 0.620. The molecule has 0 spiro atoms. The molecule has 1 rings (SSSR count). The van der Waals surface area contributed by atoms with Gasteiger partial charge in [0.1, 0.15) is 0 Å². The molecular weight excluding hydrogens is 246 g/mol. The standard InChI is InChI=1S/C14H23NO4/c1-8(2)7-15(19)9-10(16)13(3,4)12(18)14(5,6)11(9)17/h8-9,19H,7H2,1-6H3. The second-order valence-electron chi connectivity index (χ2n) is 6.73. The molecule has 108 valence electrons. The Kier molecular flexibility index (Phi) is 4.04. The Morgan fingerprint density at radius 2 is 1.42 bits per heavy atom. The van der Waals surface area contributed by atoms with E-state index in [4.69, 9.17) is 0 Å². The Hall–Kier alpha value is -1.07. The maximum absolute atomic E-state index is 12.3. The number of hydrogen-bond donors (Lipinski definition) is 1. The zero-order chi connectivity index (χ0) is 15.2. The van der Waals surface area contributed by atoms with Crippen LogP contribution in [0.25, 0.3) is 0 Å². The van der Waals surface area contributed by atoms with Crippen molar-refractivity contribution in [2.45, 2.75) is 47.6 Å².